The second kappa shape index (κ2) is 4.18. The van der Waals surface area contributed by atoms with E-state index in [9.17, 15) is 24.9 Å². The second-order valence-corrected chi connectivity index (χ2v) is 6.23. The van der Waals surface area contributed by atoms with Crippen molar-refractivity contribution >= 4 is 11.9 Å². The molecule has 5 unspecified atom stereocenters. The van der Waals surface area contributed by atoms with Crippen molar-refractivity contribution < 1.29 is 29.6 Å². The third-order valence-electron chi connectivity index (χ3n) is 5.50. The van der Waals surface area contributed by atoms with Gasteiger partial charge in [-0.2, -0.15) is 0 Å². The molecule has 0 aromatic carbocycles. The quantitative estimate of drug-likeness (QED) is 0.493. The number of ether oxygens (including phenoxy) is 1. The summed E-state index contributed by atoms with van der Waals surface area (Å²) in [4.78, 5) is 23.6. The predicted octanol–water partition coefficient (Wildman–Crippen LogP) is 0.106. The molecule has 21 heavy (non-hydrogen) atoms. The van der Waals surface area contributed by atoms with Crippen molar-refractivity contribution in [2.45, 2.75) is 19.4 Å². The molecule has 6 heteroatoms. The Kier molecular flexibility index (Phi) is 2.84. The number of aliphatic carboxylic acids is 1. The molecule has 0 saturated carbocycles. The van der Waals surface area contributed by atoms with Gasteiger partial charge in [0.2, 0.25) is 0 Å². The van der Waals surface area contributed by atoms with E-state index in [0.717, 1.165) is 5.57 Å². The third kappa shape index (κ3) is 1.44. The van der Waals surface area contributed by atoms with Crippen LogP contribution in [0.1, 0.15) is 13.8 Å². The maximum absolute atomic E-state index is 12.1. The van der Waals surface area contributed by atoms with E-state index in [-0.39, 0.29) is 24.0 Å². The second-order valence-electron chi connectivity index (χ2n) is 6.23. The summed E-state index contributed by atoms with van der Waals surface area (Å²) in [6.07, 6.45) is 3.39. The minimum Gasteiger partial charge on any atom is -0.478 e. The van der Waals surface area contributed by atoms with Gasteiger partial charge in [0, 0.05) is 16.9 Å². The van der Waals surface area contributed by atoms with E-state index >= 15 is 0 Å². The number of aliphatic hydroxyl groups is 2. The number of esters is 1. The highest BCUT2D eigenvalue weighted by atomic mass is 16.6. The van der Waals surface area contributed by atoms with Crippen LogP contribution in [0.25, 0.3) is 0 Å². The van der Waals surface area contributed by atoms with Gasteiger partial charge in [-0.1, -0.05) is 24.6 Å². The van der Waals surface area contributed by atoms with Gasteiger partial charge < -0.3 is 20.1 Å². The van der Waals surface area contributed by atoms with Gasteiger partial charge >= 0.3 is 11.9 Å². The normalized spacial score (nSPS) is 44.6. The molecule has 114 valence electrons. The predicted molar refractivity (Wildman–Crippen MR) is 71.0 cm³/mol. The van der Waals surface area contributed by atoms with Crippen molar-refractivity contribution in [2.24, 2.45) is 23.2 Å². The van der Waals surface area contributed by atoms with Crippen molar-refractivity contribution in [2.75, 3.05) is 13.2 Å². The van der Waals surface area contributed by atoms with Gasteiger partial charge in [0.05, 0.1) is 13.2 Å². The monoisotopic (exact) mass is 294 g/mol. The first-order valence-electron chi connectivity index (χ1n) is 6.94. The average molecular weight is 294 g/mol. The lowest BCUT2D eigenvalue weighted by molar-refractivity contribution is -0.212. The Hall–Kier alpha value is -1.66. The Morgan fingerprint density at radius 3 is 2.76 bits per heavy atom. The summed E-state index contributed by atoms with van der Waals surface area (Å²) in [5.74, 6) is -2.95. The van der Waals surface area contributed by atoms with Gasteiger partial charge in [-0.05, 0) is 18.8 Å². The zero-order valence-corrected chi connectivity index (χ0v) is 11.9. The molecule has 0 radical (unpaired) electrons. The number of cyclic esters (lactones) is 1. The number of carboxylic acids is 1. The Bertz CT molecular complexity index is 591. The maximum Gasteiger partial charge on any atom is 0.341 e. The summed E-state index contributed by atoms with van der Waals surface area (Å²) in [7, 11) is 0. The molecular weight excluding hydrogens is 276 g/mol. The van der Waals surface area contributed by atoms with Crippen LogP contribution in [0.5, 0.6) is 0 Å². The Labute approximate surface area is 121 Å². The van der Waals surface area contributed by atoms with Crippen LogP contribution in [0.4, 0.5) is 0 Å². The van der Waals surface area contributed by atoms with Gasteiger partial charge in [-0.15, -0.1) is 0 Å². The van der Waals surface area contributed by atoms with Gasteiger partial charge in [-0.25, -0.2) is 9.59 Å². The largest absolute Gasteiger partial charge is 0.478 e. The Morgan fingerprint density at radius 1 is 1.52 bits per heavy atom. The summed E-state index contributed by atoms with van der Waals surface area (Å²) in [5, 5.41) is 29.9. The highest BCUT2D eigenvalue weighted by Crippen LogP contribution is 2.63. The maximum atomic E-state index is 12.1. The molecule has 3 rings (SSSR count). The van der Waals surface area contributed by atoms with Crippen molar-refractivity contribution in [3.05, 3.63) is 23.3 Å². The van der Waals surface area contributed by atoms with Crippen LogP contribution in [0, 0.1) is 23.2 Å². The van der Waals surface area contributed by atoms with E-state index in [0.29, 0.717) is 0 Å². The fourth-order valence-corrected chi connectivity index (χ4v) is 4.27. The van der Waals surface area contributed by atoms with Crippen LogP contribution >= 0.6 is 0 Å². The van der Waals surface area contributed by atoms with Crippen molar-refractivity contribution in [3.8, 4) is 0 Å². The fraction of sp³-hybridized carbons (Fsp3) is 0.600. The first-order chi connectivity index (χ1) is 9.79. The molecule has 1 spiro atoms. The summed E-state index contributed by atoms with van der Waals surface area (Å²) in [5.41, 5.74) is -2.11. The minimum absolute atomic E-state index is 0.00618. The van der Waals surface area contributed by atoms with Crippen LogP contribution in [-0.4, -0.2) is 46.1 Å². The standard InChI is InChI=1S/C15H18O6/c1-7-4-14-10(8(7)2)3-9(12(17)18)11(14)5-21-13(19)15(14,20)6-16/h3-4,8,10-11,16,20H,5-6H2,1-2H3,(H,17,18). The smallest absolute Gasteiger partial charge is 0.341 e. The topological polar surface area (TPSA) is 104 Å². The third-order valence-corrected chi connectivity index (χ3v) is 5.50. The minimum atomic E-state index is -2.11. The average Bonchev–Trinajstić information content (AvgIpc) is 2.89. The molecule has 0 amide bonds. The molecule has 5 atom stereocenters. The van der Waals surface area contributed by atoms with E-state index in [1.54, 1.807) is 12.2 Å². The Morgan fingerprint density at radius 2 is 2.19 bits per heavy atom. The number of hydrogen-bond acceptors (Lipinski definition) is 5. The highest BCUT2D eigenvalue weighted by Gasteiger charge is 2.71. The molecule has 2 aliphatic carbocycles. The summed E-state index contributed by atoms with van der Waals surface area (Å²) in [6, 6.07) is 0. The number of carbonyl (C=O) groups excluding carboxylic acids is 1. The van der Waals surface area contributed by atoms with Crippen molar-refractivity contribution in [1.82, 2.24) is 0 Å². The zero-order chi connectivity index (χ0) is 15.6. The summed E-state index contributed by atoms with van der Waals surface area (Å²) >= 11 is 0. The number of allylic oxidation sites excluding steroid dienone is 2. The fourth-order valence-electron chi connectivity index (χ4n) is 4.27. The van der Waals surface area contributed by atoms with E-state index in [4.69, 9.17) is 4.74 Å². The van der Waals surface area contributed by atoms with Crippen LogP contribution in [0.15, 0.2) is 23.3 Å². The molecule has 1 saturated heterocycles. The van der Waals surface area contributed by atoms with E-state index in [2.05, 4.69) is 0 Å². The van der Waals surface area contributed by atoms with Crippen molar-refractivity contribution in [1.29, 1.82) is 0 Å². The zero-order valence-electron chi connectivity index (χ0n) is 11.9. The van der Waals surface area contributed by atoms with Crippen molar-refractivity contribution in [3.63, 3.8) is 0 Å². The first-order valence-corrected chi connectivity index (χ1v) is 6.94. The van der Waals surface area contributed by atoms with Crippen LogP contribution in [0.3, 0.4) is 0 Å². The van der Waals surface area contributed by atoms with E-state index in [1.807, 2.05) is 13.8 Å². The molecule has 1 aliphatic heterocycles. The number of carboxylic acid groups (broad SMARTS) is 1. The number of rotatable bonds is 2. The lowest BCUT2D eigenvalue weighted by atomic mass is 9.59. The molecule has 1 heterocycles. The van der Waals surface area contributed by atoms with Crippen LogP contribution in [-0.2, 0) is 14.3 Å². The number of aliphatic hydroxyl groups excluding tert-OH is 1. The molecule has 0 aromatic heterocycles. The first kappa shape index (κ1) is 14.3. The van der Waals surface area contributed by atoms with Crippen LogP contribution < -0.4 is 0 Å². The van der Waals surface area contributed by atoms with E-state index < -0.39 is 35.5 Å². The summed E-state index contributed by atoms with van der Waals surface area (Å²) in [6.45, 7) is 2.94. The van der Waals surface area contributed by atoms with Gasteiger partial charge in [0.1, 0.15) is 0 Å². The molecule has 0 aromatic rings. The lowest BCUT2D eigenvalue weighted by Gasteiger charge is -2.49. The molecule has 0 bridgehead atoms. The molecule has 3 N–H and O–H groups in total. The summed E-state index contributed by atoms with van der Waals surface area (Å²) < 4.78 is 4.97. The molecular formula is C15H18O6. The number of hydrogen-bond donors (Lipinski definition) is 3. The SMILES string of the molecule is CC1=CC23C(COC(=O)C2(O)CO)C(C(=O)O)=CC3C1C. The van der Waals surface area contributed by atoms with Crippen LogP contribution in [0.2, 0.25) is 0 Å². The highest BCUT2D eigenvalue weighted by molar-refractivity contribution is 5.91. The van der Waals surface area contributed by atoms with Gasteiger partial charge in [-0.3, -0.25) is 0 Å². The lowest BCUT2D eigenvalue weighted by Crippen LogP contribution is -2.65. The molecule has 1 fully saturated rings. The molecule has 3 aliphatic rings. The Balaban J connectivity index is 2.23. The number of carbonyl (C=O) groups is 2. The van der Waals surface area contributed by atoms with E-state index in [1.165, 1.54) is 0 Å². The molecule has 6 nitrogen and oxygen atoms in total. The van der Waals surface area contributed by atoms with Gasteiger partial charge in [0.25, 0.3) is 0 Å². The van der Waals surface area contributed by atoms with Gasteiger partial charge in [0.15, 0.2) is 5.60 Å².